The zero-order valence-electron chi connectivity index (χ0n) is 8.64. The second kappa shape index (κ2) is 4.44. The third kappa shape index (κ3) is 2.29. The molecule has 1 aromatic rings. The summed E-state index contributed by atoms with van der Waals surface area (Å²) in [6, 6.07) is 6.61. The molecule has 0 aliphatic carbocycles. The van der Waals surface area contributed by atoms with Gasteiger partial charge in [-0.3, -0.25) is 0 Å². The van der Waals surface area contributed by atoms with Crippen molar-refractivity contribution in [3.8, 4) is 0 Å². The fourth-order valence-corrected chi connectivity index (χ4v) is 3.50. The van der Waals surface area contributed by atoms with Crippen LogP contribution in [0.2, 0.25) is 0 Å². The number of nitrogens with two attached hydrogens (primary N) is 1. The van der Waals surface area contributed by atoms with Crippen molar-refractivity contribution >= 4 is 26.0 Å². The molecule has 0 spiro atoms. The van der Waals surface area contributed by atoms with Crippen LogP contribution < -0.4 is 5.73 Å². The molecule has 6 heteroatoms. The van der Waals surface area contributed by atoms with Crippen LogP contribution in [0.5, 0.6) is 0 Å². The molecule has 0 aromatic heterocycles. The quantitative estimate of drug-likeness (QED) is 0.892. The highest BCUT2D eigenvalue weighted by Crippen LogP contribution is 2.21. The third-order valence-electron chi connectivity index (χ3n) is 2.64. The lowest BCUT2D eigenvalue weighted by Crippen LogP contribution is -2.31. The number of hydrogen-bond acceptors (Lipinski definition) is 3. The summed E-state index contributed by atoms with van der Waals surface area (Å²) in [5.74, 6) is 0. The summed E-state index contributed by atoms with van der Waals surface area (Å²) in [7, 11) is -3.36. The van der Waals surface area contributed by atoms with Gasteiger partial charge in [0.2, 0.25) is 10.0 Å². The van der Waals surface area contributed by atoms with Crippen molar-refractivity contribution in [2.75, 3.05) is 13.1 Å². The van der Waals surface area contributed by atoms with Crippen LogP contribution in [0.4, 0.5) is 0 Å². The molecule has 0 bridgehead atoms. The highest BCUT2D eigenvalue weighted by molar-refractivity contribution is 9.10. The Morgan fingerprint density at radius 3 is 2.44 bits per heavy atom. The first-order valence-corrected chi connectivity index (χ1v) is 7.25. The van der Waals surface area contributed by atoms with E-state index >= 15 is 0 Å². The Morgan fingerprint density at radius 1 is 1.31 bits per heavy atom. The van der Waals surface area contributed by atoms with Crippen molar-refractivity contribution in [2.24, 2.45) is 5.73 Å². The summed E-state index contributed by atoms with van der Waals surface area (Å²) in [5, 5.41) is 0. The highest BCUT2D eigenvalue weighted by atomic mass is 79.9. The molecule has 1 saturated heterocycles. The number of hydrogen-bond donors (Lipinski definition) is 1. The molecule has 1 atom stereocenters. The molecule has 2 rings (SSSR count). The van der Waals surface area contributed by atoms with Gasteiger partial charge in [0.1, 0.15) is 0 Å². The van der Waals surface area contributed by atoms with E-state index in [4.69, 9.17) is 5.73 Å². The lowest BCUT2D eigenvalue weighted by atomic mass is 10.3. The van der Waals surface area contributed by atoms with Crippen molar-refractivity contribution in [1.82, 2.24) is 4.31 Å². The normalized spacial score (nSPS) is 22.5. The van der Waals surface area contributed by atoms with Crippen LogP contribution in [-0.2, 0) is 10.0 Å². The van der Waals surface area contributed by atoms with Gasteiger partial charge in [0, 0.05) is 23.6 Å². The first-order valence-electron chi connectivity index (χ1n) is 5.01. The van der Waals surface area contributed by atoms with Gasteiger partial charge in [-0.25, -0.2) is 8.42 Å². The zero-order chi connectivity index (χ0) is 11.8. The molecule has 88 valence electrons. The van der Waals surface area contributed by atoms with Gasteiger partial charge < -0.3 is 5.73 Å². The van der Waals surface area contributed by atoms with Crippen molar-refractivity contribution in [3.63, 3.8) is 0 Å². The maximum absolute atomic E-state index is 12.1. The maximum Gasteiger partial charge on any atom is 0.243 e. The molecule has 2 N–H and O–H groups in total. The second-order valence-corrected chi connectivity index (χ2v) is 6.72. The minimum atomic E-state index is -3.36. The Morgan fingerprint density at radius 2 is 1.94 bits per heavy atom. The number of halogens is 1. The Labute approximate surface area is 104 Å². The smallest absolute Gasteiger partial charge is 0.243 e. The van der Waals surface area contributed by atoms with Crippen molar-refractivity contribution in [3.05, 3.63) is 28.7 Å². The van der Waals surface area contributed by atoms with E-state index in [9.17, 15) is 8.42 Å². The Bertz CT molecular complexity index is 472. The summed E-state index contributed by atoms with van der Waals surface area (Å²) in [5.41, 5.74) is 5.71. The van der Waals surface area contributed by atoms with E-state index in [0.29, 0.717) is 18.0 Å². The van der Waals surface area contributed by atoms with Crippen LogP contribution in [0.3, 0.4) is 0 Å². The summed E-state index contributed by atoms with van der Waals surface area (Å²) < 4.78 is 26.6. The number of rotatable bonds is 2. The van der Waals surface area contributed by atoms with Crippen LogP contribution in [-0.4, -0.2) is 31.9 Å². The lowest BCUT2D eigenvalue weighted by molar-refractivity contribution is 0.472. The van der Waals surface area contributed by atoms with Gasteiger partial charge >= 0.3 is 0 Å². The fourth-order valence-electron chi connectivity index (χ4n) is 1.73. The second-order valence-electron chi connectivity index (χ2n) is 3.87. The molecule has 16 heavy (non-hydrogen) atoms. The molecular formula is C10H13BrN2O2S. The highest BCUT2D eigenvalue weighted by Gasteiger charge is 2.30. The van der Waals surface area contributed by atoms with E-state index in [1.54, 1.807) is 24.3 Å². The SMILES string of the molecule is NC1CCN(S(=O)(=O)c2ccc(Br)cc2)C1. The number of sulfonamides is 1. The first kappa shape index (κ1) is 12.0. The minimum Gasteiger partial charge on any atom is -0.326 e. The standard InChI is InChI=1S/C10H13BrN2O2S/c11-8-1-3-10(4-2-8)16(14,15)13-6-5-9(12)7-13/h1-4,9H,5-7,12H2. The van der Waals surface area contributed by atoms with Gasteiger partial charge in [-0.05, 0) is 30.7 Å². The van der Waals surface area contributed by atoms with Crippen LogP contribution in [0.25, 0.3) is 0 Å². The van der Waals surface area contributed by atoms with Gasteiger partial charge in [-0.1, -0.05) is 15.9 Å². The summed E-state index contributed by atoms with van der Waals surface area (Å²) in [6.07, 6.45) is 0.732. The molecule has 0 saturated carbocycles. The van der Waals surface area contributed by atoms with Gasteiger partial charge in [-0.15, -0.1) is 0 Å². The predicted octanol–water partition coefficient (Wildman–Crippen LogP) is 1.17. The van der Waals surface area contributed by atoms with Gasteiger partial charge in [0.15, 0.2) is 0 Å². The molecule has 0 radical (unpaired) electrons. The fraction of sp³-hybridized carbons (Fsp3) is 0.400. The van der Waals surface area contributed by atoms with Crippen molar-refractivity contribution in [1.29, 1.82) is 0 Å². The zero-order valence-corrected chi connectivity index (χ0v) is 11.0. The van der Waals surface area contributed by atoms with Crippen LogP contribution >= 0.6 is 15.9 Å². The van der Waals surface area contributed by atoms with E-state index in [1.165, 1.54) is 4.31 Å². The average molecular weight is 305 g/mol. The first-order chi connectivity index (χ1) is 7.50. The van der Waals surface area contributed by atoms with Crippen LogP contribution in [0.15, 0.2) is 33.6 Å². The van der Waals surface area contributed by atoms with E-state index in [-0.39, 0.29) is 6.04 Å². The Balaban J connectivity index is 2.29. The summed E-state index contributed by atoms with van der Waals surface area (Å²) in [4.78, 5) is 0.324. The molecule has 1 unspecified atom stereocenters. The molecule has 1 fully saturated rings. The Kier molecular flexibility index (Phi) is 3.34. The molecule has 1 aliphatic rings. The molecule has 1 aliphatic heterocycles. The third-order valence-corrected chi connectivity index (χ3v) is 5.05. The van der Waals surface area contributed by atoms with Crippen LogP contribution in [0, 0.1) is 0 Å². The van der Waals surface area contributed by atoms with Crippen LogP contribution in [0.1, 0.15) is 6.42 Å². The van der Waals surface area contributed by atoms with E-state index in [1.807, 2.05) is 0 Å². The van der Waals surface area contributed by atoms with Gasteiger partial charge in [-0.2, -0.15) is 4.31 Å². The summed E-state index contributed by atoms with van der Waals surface area (Å²) >= 11 is 3.28. The van der Waals surface area contributed by atoms with E-state index < -0.39 is 10.0 Å². The summed E-state index contributed by atoms with van der Waals surface area (Å²) in [6.45, 7) is 0.929. The Hall–Kier alpha value is -0.430. The molecular weight excluding hydrogens is 292 g/mol. The molecule has 1 heterocycles. The van der Waals surface area contributed by atoms with E-state index in [2.05, 4.69) is 15.9 Å². The minimum absolute atomic E-state index is 0.0368. The maximum atomic E-state index is 12.1. The lowest BCUT2D eigenvalue weighted by Gasteiger charge is -2.15. The van der Waals surface area contributed by atoms with Crippen molar-refractivity contribution < 1.29 is 8.42 Å². The monoisotopic (exact) mass is 304 g/mol. The van der Waals surface area contributed by atoms with Gasteiger partial charge in [0.25, 0.3) is 0 Å². The molecule has 0 amide bonds. The molecule has 1 aromatic carbocycles. The van der Waals surface area contributed by atoms with Crippen molar-refractivity contribution in [2.45, 2.75) is 17.4 Å². The largest absolute Gasteiger partial charge is 0.326 e. The number of nitrogens with zero attached hydrogens (tertiary/aromatic N) is 1. The predicted molar refractivity (Wildman–Crippen MR) is 65.5 cm³/mol. The van der Waals surface area contributed by atoms with E-state index in [0.717, 1.165) is 10.9 Å². The number of benzene rings is 1. The molecule has 4 nitrogen and oxygen atoms in total. The van der Waals surface area contributed by atoms with Gasteiger partial charge in [0.05, 0.1) is 4.90 Å². The average Bonchev–Trinajstić information content (AvgIpc) is 2.66. The topological polar surface area (TPSA) is 63.4 Å².